The number of anilines is 1. The van der Waals surface area contributed by atoms with E-state index in [0.717, 1.165) is 17.4 Å². The van der Waals surface area contributed by atoms with Crippen molar-refractivity contribution in [3.05, 3.63) is 58.9 Å². The summed E-state index contributed by atoms with van der Waals surface area (Å²) in [7, 11) is 0. The zero-order valence-corrected chi connectivity index (χ0v) is 14.6. The van der Waals surface area contributed by atoms with Crippen molar-refractivity contribution in [2.75, 3.05) is 5.32 Å². The highest BCUT2D eigenvalue weighted by molar-refractivity contribution is 6.39. The van der Waals surface area contributed by atoms with E-state index < -0.39 is 17.6 Å². The predicted octanol–water partition coefficient (Wildman–Crippen LogP) is 3.52. The molecule has 0 heterocycles. The molecule has 0 aromatic heterocycles. The Morgan fingerprint density at radius 3 is 2.40 bits per heavy atom. The van der Waals surface area contributed by atoms with Crippen LogP contribution in [0, 0.1) is 5.82 Å². The fraction of sp³-hybridized carbons (Fsp3) is 0.222. The monoisotopic (exact) mass is 364 g/mol. The van der Waals surface area contributed by atoms with Gasteiger partial charge in [-0.15, -0.1) is 0 Å². The molecule has 2 rings (SSSR count). The molecule has 25 heavy (non-hydrogen) atoms. The molecular weight excluding hydrogens is 347 g/mol. The molecule has 2 N–H and O–H groups in total. The Labute approximate surface area is 150 Å². The third-order valence-electron chi connectivity index (χ3n) is 3.13. The van der Waals surface area contributed by atoms with Crippen molar-refractivity contribution in [2.45, 2.75) is 26.5 Å². The van der Waals surface area contributed by atoms with Crippen molar-refractivity contribution < 1.29 is 18.7 Å². The van der Waals surface area contributed by atoms with Gasteiger partial charge in [-0.2, -0.15) is 0 Å². The molecule has 7 heteroatoms. The van der Waals surface area contributed by atoms with Crippen LogP contribution in [0.25, 0.3) is 0 Å². The summed E-state index contributed by atoms with van der Waals surface area (Å²) in [6, 6.07) is 10.8. The van der Waals surface area contributed by atoms with E-state index in [-0.39, 0.29) is 23.4 Å². The summed E-state index contributed by atoms with van der Waals surface area (Å²) in [4.78, 5) is 23.7. The van der Waals surface area contributed by atoms with Crippen LogP contribution in [0.1, 0.15) is 19.4 Å². The van der Waals surface area contributed by atoms with Gasteiger partial charge in [-0.1, -0.05) is 23.7 Å². The molecule has 0 bridgehead atoms. The average molecular weight is 365 g/mol. The maximum Gasteiger partial charge on any atom is 0.313 e. The van der Waals surface area contributed by atoms with E-state index in [9.17, 15) is 14.0 Å². The summed E-state index contributed by atoms with van der Waals surface area (Å²) in [5.41, 5.74) is 1.06. The summed E-state index contributed by atoms with van der Waals surface area (Å²) in [5.74, 6) is -1.53. The Morgan fingerprint density at radius 1 is 1.12 bits per heavy atom. The van der Waals surface area contributed by atoms with E-state index in [1.54, 1.807) is 24.3 Å². The standard InChI is InChI=1S/C18H18ClFN2O3/c1-11(2)25-14-6-3-12(4-7-14)10-21-17(23)18(24)22-13-5-8-16(20)15(19)9-13/h3-9,11H,10H2,1-2H3,(H,21,23)(H,22,24). The fourth-order valence-electron chi connectivity index (χ4n) is 1.98. The second-order valence-electron chi connectivity index (χ2n) is 5.58. The van der Waals surface area contributed by atoms with Crippen LogP contribution < -0.4 is 15.4 Å². The van der Waals surface area contributed by atoms with Crippen LogP contribution in [0.3, 0.4) is 0 Å². The molecule has 0 aliphatic carbocycles. The van der Waals surface area contributed by atoms with Crippen molar-refractivity contribution in [1.82, 2.24) is 5.32 Å². The molecule has 0 aliphatic heterocycles. The molecule has 2 aromatic carbocycles. The van der Waals surface area contributed by atoms with Crippen LogP contribution in [0.15, 0.2) is 42.5 Å². The zero-order chi connectivity index (χ0) is 18.4. The molecular formula is C18H18ClFN2O3. The highest BCUT2D eigenvalue weighted by atomic mass is 35.5. The minimum atomic E-state index is -0.859. The first kappa shape index (κ1) is 18.7. The van der Waals surface area contributed by atoms with Crippen molar-refractivity contribution in [3.63, 3.8) is 0 Å². The van der Waals surface area contributed by atoms with E-state index in [1.165, 1.54) is 12.1 Å². The maximum absolute atomic E-state index is 13.1. The molecule has 0 atom stereocenters. The summed E-state index contributed by atoms with van der Waals surface area (Å²) < 4.78 is 18.6. The highest BCUT2D eigenvalue weighted by Crippen LogP contribution is 2.19. The van der Waals surface area contributed by atoms with Crippen molar-refractivity contribution in [1.29, 1.82) is 0 Å². The van der Waals surface area contributed by atoms with Gasteiger partial charge in [0.05, 0.1) is 11.1 Å². The Kier molecular flexibility index (Phi) is 6.36. The van der Waals surface area contributed by atoms with E-state index in [4.69, 9.17) is 16.3 Å². The number of ether oxygens (including phenoxy) is 1. The molecule has 0 spiro atoms. The first-order chi connectivity index (χ1) is 11.8. The lowest BCUT2D eigenvalue weighted by molar-refractivity contribution is -0.136. The van der Waals surface area contributed by atoms with Gasteiger partial charge in [0.2, 0.25) is 0 Å². The van der Waals surface area contributed by atoms with Crippen LogP contribution in [0.5, 0.6) is 5.75 Å². The molecule has 0 fully saturated rings. The third-order valence-corrected chi connectivity index (χ3v) is 3.42. The van der Waals surface area contributed by atoms with Gasteiger partial charge >= 0.3 is 11.8 Å². The first-order valence-electron chi connectivity index (χ1n) is 7.65. The van der Waals surface area contributed by atoms with Gasteiger partial charge in [0, 0.05) is 12.2 Å². The number of carbonyl (C=O) groups is 2. The largest absolute Gasteiger partial charge is 0.491 e. The number of carbonyl (C=O) groups excluding carboxylic acids is 2. The van der Waals surface area contributed by atoms with Gasteiger partial charge in [-0.3, -0.25) is 9.59 Å². The van der Waals surface area contributed by atoms with Crippen molar-refractivity contribution in [2.24, 2.45) is 0 Å². The topological polar surface area (TPSA) is 67.4 Å². The van der Waals surface area contributed by atoms with E-state index in [0.29, 0.717) is 0 Å². The number of halogens is 2. The van der Waals surface area contributed by atoms with E-state index in [2.05, 4.69) is 10.6 Å². The Hall–Kier alpha value is -2.60. The van der Waals surface area contributed by atoms with Crippen LogP contribution >= 0.6 is 11.6 Å². The van der Waals surface area contributed by atoms with Crippen molar-refractivity contribution in [3.8, 4) is 5.75 Å². The van der Waals surface area contributed by atoms with E-state index >= 15 is 0 Å². The lowest BCUT2D eigenvalue weighted by Gasteiger charge is -2.10. The molecule has 0 saturated heterocycles. The number of rotatable bonds is 5. The molecule has 2 amide bonds. The SMILES string of the molecule is CC(C)Oc1ccc(CNC(=O)C(=O)Nc2ccc(F)c(Cl)c2)cc1. The average Bonchev–Trinajstić information content (AvgIpc) is 2.56. The summed E-state index contributed by atoms with van der Waals surface area (Å²) in [6.45, 7) is 4.06. The lowest BCUT2D eigenvalue weighted by Crippen LogP contribution is -2.34. The number of nitrogens with one attached hydrogen (secondary N) is 2. The van der Waals surface area contributed by atoms with Gasteiger partial charge in [0.1, 0.15) is 11.6 Å². The molecule has 2 aromatic rings. The minimum absolute atomic E-state index is 0.0780. The van der Waals surface area contributed by atoms with E-state index in [1.807, 2.05) is 13.8 Å². The van der Waals surface area contributed by atoms with Gasteiger partial charge in [0.15, 0.2) is 0 Å². The minimum Gasteiger partial charge on any atom is -0.491 e. The molecule has 0 saturated carbocycles. The summed E-state index contributed by atoms with van der Waals surface area (Å²) in [6.07, 6.45) is 0.0780. The number of amides is 2. The fourth-order valence-corrected chi connectivity index (χ4v) is 2.16. The Balaban J connectivity index is 1.86. The normalized spacial score (nSPS) is 10.4. The molecule has 0 radical (unpaired) electrons. The number of hydrogen-bond donors (Lipinski definition) is 2. The van der Waals surface area contributed by atoms with Gasteiger partial charge in [-0.25, -0.2) is 4.39 Å². The number of hydrogen-bond acceptors (Lipinski definition) is 3. The van der Waals surface area contributed by atoms with Crippen LogP contribution in [-0.2, 0) is 16.1 Å². The maximum atomic E-state index is 13.1. The molecule has 0 aliphatic rings. The van der Waals surface area contributed by atoms with Crippen molar-refractivity contribution >= 4 is 29.1 Å². The Morgan fingerprint density at radius 2 is 1.80 bits per heavy atom. The third kappa shape index (κ3) is 5.76. The first-order valence-corrected chi connectivity index (χ1v) is 8.03. The summed E-state index contributed by atoms with van der Waals surface area (Å²) in [5, 5.41) is 4.72. The molecule has 132 valence electrons. The second-order valence-corrected chi connectivity index (χ2v) is 5.98. The quantitative estimate of drug-likeness (QED) is 0.798. The molecule has 5 nitrogen and oxygen atoms in total. The van der Waals surface area contributed by atoms with Crippen LogP contribution in [-0.4, -0.2) is 17.9 Å². The highest BCUT2D eigenvalue weighted by Gasteiger charge is 2.14. The predicted molar refractivity (Wildman–Crippen MR) is 94.1 cm³/mol. The van der Waals surface area contributed by atoms with Gasteiger partial charge < -0.3 is 15.4 Å². The molecule has 0 unspecified atom stereocenters. The van der Waals surface area contributed by atoms with Gasteiger partial charge in [-0.05, 0) is 49.7 Å². The second kappa shape index (κ2) is 8.48. The lowest BCUT2D eigenvalue weighted by atomic mass is 10.2. The van der Waals surface area contributed by atoms with Crippen LogP contribution in [0.4, 0.5) is 10.1 Å². The Bertz CT molecular complexity index is 763. The smallest absolute Gasteiger partial charge is 0.313 e. The summed E-state index contributed by atoms with van der Waals surface area (Å²) >= 11 is 5.63. The van der Waals surface area contributed by atoms with Gasteiger partial charge in [0.25, 0.3) is 0 Å². The zero-order valence-electron chi connectivity index (χ0n) is 13.8. The number of benzene rings is 2. The van der Waals surface area contributed by atoms with Crippen LogP contribution in [0.2, 0.25) is 5.02 Å².